The molecule has 0 fully saturated rings. The van der Waals surface area contributed by atoms with Crippen LogP contribution in [0.5, 0.6) is 0 Å². The first-order valence-electron chi connectivity index (χ1n) is 5.08. The third-order valence-electron chi connectivity index (χ3n) is 2.11. The van der Waals surface area contributed by atoms with E-state index in [4.69, 9.17) is 0 Å². The first-order valence-corrected chi connectivity index (χ1v) is 5.08. The first-order chi connectivity index (χ1) is 7.28. The summed E-state index contributed by atoms with van der Waals surface area (Å²) in [5.74, 6) is 0.579. The van der Waals surface area contributed by atoms with Crippen LogP contribution in [-0.2, 0) is 4.79 Å². The summed E-state index contributed by atoms with van der Waals surface area (Å²) in [5, 5.41) is 2.19. The Bertz CT molecular complexity index is 258. The second-order valence-electron chi connectivity index (χ2n) is 3.12. The Kier molecular flexibility index (Phi) is 8.06. The zero-order valence-electron chi connectivity index (χ0n) is 9.28. The minimum absolute atomic E-state index is 0.562. The average molecular weight is 205 g/mol. The normalized spacial score (nSPS) is 17.9. The molecule has 0 saturated carbocycles. The number of rotatable bonds is 4. The smallest absolute Gasteiger partial charge is 0.211 e. The van der Waals surface area contributed by atoms with Gasteiger partial charge in [0.15, 0.2) is 0 Å². The van der Waals surface area contributed by atoms with Crippen LogP contribution in [0.2, 0.25) is 0 Å². The molecular formula is C13H19NO. The van der Waals surface area contributed by atoms with E-state index in [1.807, 2.05) is 6.08 Å². The number of carbonyl (C=O) groups is 1. The number of nitrogens with one attached hydrogen (secondary N) is 1. The summed E-state index contributed by atoms with van der Waals surface area (Å²) in [7, 11) is 0. The van der Waals surface area contributed by atoms with Gasteiger partial charge in [-0.05, 0) is 25.0 Å². The number of allylic oxidation sites excluding steroid dienone is 5. The van der Waals surface area contributed by atoms with Crippen molar-refractivity contribution in [2.45, 2.75) is 19.8 Å². The molecule has 0 spiro atoms. The highest BCUT2D eigenvalue weighted by molar-refractivity contribution is 5.47. The first kappa shape index (κ1) is 13.4. The van der Waals surface area contributed by atoms with Crippen molar-refractivity contribution in [3.63, 3.8) is 0 Å². The molecule has 82 valence electrons. The lowest BCUT2D eigenvalue weighted by molar-refractivity contribution is -0.108. The molecule has 0 bridgehead atoms. The number of amides is 1. The number of hydrogen-bond donors (Lipinski definition) is 1. The monoisotopic (exact) mass is 205 g/mol. The van der Waals surface area contributed by atoms with Gasteiger partial charge in [-0.2, -0.15) is 0 Å². The van der Waals surface area contributed by atoms with E-state index in [1.54, 1.807) is 0 Å². The largest absolute Gasteiger partial charge is 0.336 e. The van der Waals surface area contributed by atoms with Crippen molar-refractivity contribution >= 4 is 6.41 Å². The third-order valence-corrected chi connectivity index (χ3v) is 2.11. The van der Waals surface area contributed by atoms with Gasteiger partial charge in [0.1, 0.15) is 0 Å². The fraction of sp³-hybridized carbons (Fsp3) is 0.308. The molecule has 0 radical (unpaired) electrons. The average Bonchev–Trinajstić information content (AvgIpc) is 2.31. The summed E-state index contributed by atoms with van der Waals surface area (Å²) in [6, 6.07) is 0. The molecule has 0 heterocycles. The van der Waals surface area contributed by atoms with Gasteiger partial charge in [0, 0.05) is 0 Å². The highest BCUT2D eigenvalue weighted by Gasteiger charge is 2.02. The molecule has 0 aromatic rings. The Morgan fingerprint density at radius 1 is 1.60 bits per heavy atom. The zero-order chi connectivity index (χ0) is 11.5. The van der Waals surface area contributed by atoms with Gasteiger partial charge in [-0.3, -0.25) is 4.79 Å². The van der Waals surface area contributed by atoms with E-state index >= 15 is 0 Å². The molecule has 0 saturated heterocycles. The van der Waals surface area contributed by atoms with Crippen molar-refractivity contribution in [1.82, 2.24) is 5.32 Å². The van der Waals surface area contributed by atoms with Crippen LogP contribution in [0.1, 0.15) is 19.8 Å². The SMILES string of the molecule is C=CC1C=CC(CC)=CC1.C=CNC=O. The molecule has 1 amide bonds. The third kappa shape index (κ3) is 6.49. The van der Waals surface area contributed by atoms with E-state index in [9.17, 15) is 4.79 Å². The quantitative estimate of drug-likeness (QED) is 0.555. The lowest BCUT2D eigenvalue weighted by atomic mass is 9.96. The van der Waals surface area contributed by atoms with Gasteiger partial charge in [0.05, 0.1) is 0 Å². The van der Waals surface area contributed by atoms with Crippen LogP contribution in [-0.4, -0.2) is 6.41 Å². The topological polar surface area (TPSA) is 29.1 Å². The standard InChI is InChI=1S/C10H14.C3H5NO/c1-3-9-5-7-10(4-2)8-6-9;1-2-4-3-5/h3,5,7-9H,1,4,6H2,2H3;2-3H,1H2,(H,4,5). The maximum absolute atomic E-state index is 9.22. The minimum atomic E-state index is 0.562. The minimum Gasteiger partial charge on any atom is -0.336 e. The summed E-state index contributed by atoms with van der Waals surface area (Å²) in [6.07, 6.45) is 12.9. The van der Waals surface area contributed by atoms with Crippen LogP contribution in [0.4, 0.5) is 0 Å². The zero-order valence-corrected chi connectivity index (χ0v) is 9.28. The fourth-order valence-corrected chi connectivity index (χ4v) is 1.17. The van der Waals surface area contributed by atoms with Gasteiger partial charge < -0.3 is 5.32 Å². The van der Waals surface area contributed by atoms with E-state index in [0.29, 0.717) is 12.3 Å². The van der Waals surface area contributed by atoms with E-state index in [-0.39, 0.29) is 0 Å². The van der Waals surface area contributed by atoms with Gasteiger partial charge >= 0.3 is 0 Å². The summed E-state index contributed by atoms with van der Waals surface area (Å²) in [4.78, 5) is 9.22. The molecule has 1 rings (SSSR count). The summed E-state index contributed by atoms with van der Waals surface area (Å²) in [6.45, 7) is 9.15. The molecule has 2 nitrogen and oxygen atoms in total. The molecule has 1 atom stereocenters. The molecule has 0 aromatic heterocycles. The highest BCUT2D eigenvalue weighted by atomic mass is 16.1. The predicted octanol–water partition coefficient (Wildman–Crippen LogP) is 2.96. The van der Waals surface area contributed by atoms with Gasteiger partial charge in [0.25, 0.3) is 0 Å². The molecule has 1 aliphatic rings. The number of carbonyl (C=O) groups excluding carboxylic acids is 1. The lowest BCUT2D eigenvalue weighted by Gasteiger charge is -2.10. The van der Waals surface area contributed by atoms with E-state index in [0.717, 1.165) is 12.8 Å². The van der Waals surface area contributed by atoms with Crippen LogP contribution >= 0.6 is 0 Å². The molecule has 1 N–H and O–H groups in total. The fourth-order valence-electron chi connectivity index (χ4n) is 1.17. The van der Waals surface area contributed by atoms with Gasteiger partial charge in [-0.25, -0.2) is 0 Å². The van der Waals surface area contributed by atoms with Crippen molar-refractivity contribution in [2.75, 3.05) is 0 Å². The Hall–Kier alpha value is -1.57. The molecular weight excluding hydrogens is 186 g/mol. The van der Waals surface area contributed by atoms with E-state index in [1.165, 1.54) is 11.8 Å². The molecule has 1 unspecified atom stereocenters. The molecule has 0 aliphatic heterocycles. The van der Waals surface area contributed by atoms with Crippen molar-refractivity contribution in [2.24, 2.45) is 5.92 Å². The van der Waals surface area contributed by atoms with Crippen LogP contribution in [0.3, 0.4) is 0 Å². The Morgan fingerprint density at radius 2 is 2.33 bits per heavy atom. The maximum atomic E-state index is 9.22. The Balaban J connectivity index is 0.000000336. The van der Waals surface area contributed by atoms with E-state index in [2.05, 4.69) is 43.6 Å². The summed E-state index contributed by atoms with van der Waals surface area (Å²) < 4.78 is 0. The van der Waals surface area contributed by atoms with Crippen LogP contribution in [0.15, 0.2) is 49.2 Å². The maximum Gasteiger partial charge on any atom is 0.211 e. The van der Waals surface area contributed by atoms with Crippen molar-refractivity contribution in [3.8, 4) is 0 Å². The van der Waals surface area contributed by atoms with Crippen molar-refractivity contribution in [1.29, 1.82) is 0 Å². The second kappa shape index (κ2) is 9.00. The second-order valence-corrected chi connectivity index (χ2v) is 3.12. The van der Waals surface area contributed by atoms with Crippen LogP contribution in [0, 0.1) is 5.92 Å². The molecule has 15 heavy (non-hydrogen) atoms. The lowest BCUT2D eigenvalue weighted by Crippen LogP contribution is -1.96. The highest BCUT2D eigenvalue weighted by Crippen LogP contribution is 2.18. The summed E-state index contributed by atoms with van der Waals surface area (Å²) >= 11 is 0. The molecule has 1 aliphatic carbocycles. The van der Waals surface area contributed by atoms with Gasteiger partial charge in [0.2, 0.25) is 6.41 Å². The molecule has 0 aromatic carbocycles. The molecule has 2 heteroatoms. The van der Waals surface area contributed by atoms with Crippen LogP contribution in [0.25, 0.3) is 0 Å². The Morgan fingerprint density at radius 3 is 2.60 bits per heavy atom. The summed E-state index contributed by atoms with van der Waals surface area (Å²) in [5.41, 5.74) is 1.46. The predicted molar refractivity (Wildman–Crippen MR) is 65.2 cm³/mol. The Labute approximate surface area is 92.1 Å². The van der Waals surface area contributed by atoms with Crippen LogP contribution < -0.4 is 5.32 Å². The van der Waals surface area contributed by atoms with E-state index < -0.39 is 0 Å². The van der Waals surface area contributed by atoms with Crippen molar-refractivity contribution in [3.05, 3.63) is 49.2 Å². The van der Waals surface area contributed by atoms with Gasteiger partial charge in [-0.15, -0.1) is 6.58 Å². The number of hydrogen-bond acceptors (Lipinski definition) is 1. The van der Waals surface area contributed by atoms with Gasteiger partial charge in [-0.1, -0.05) is 43.4 Å². The van der Waals surface area contributed by atoms with Crippen molar-refractivity contribution < 1.29 is 4.79 Å².